The third-order valence-electron chi connectivity index (χ3n) is 12.5. The Morgan fingerprint density at radius 1 is 0.508 bits per heavy atom. The molecule has 0 N–H and O–H groups in total. The summed E-state index contributed by atoms with van der Waals surface area (Å²) < 4.78 is 10.7. The lowest BCUT2D eigenvalue weighted by Crippen LogP contribution is -2.22. The largest absolute Gasteiger partial charge is 0.427 e. The number of esters is 2. The van der Waals surface area contributed by atoms with Crippen molar-refractivity contribution in [1.29, 1.82) is 0 Å². The van der Waals surface area contributed by atoms with Gasteiger partial charge in [-0.2, -0.15) is 23.5 Å². The third-order valence-corrected chi connectivity index (χ3v) is 34.6. The number of hydrogen-bond donors (Lipinski definition) is 0. The van der Waals surface area contributed by atoms with E-state index in [9.17, 15) is 9.59 Å². The number of thioether (sulfide) groups is 2. The van der Waals surface area contributed by atoms with E-state index in [-0.39, 0.29) is 11.9 Å². The summed E-state index contributed by atoms with van der Waals surface area (Å²) in [5.74, 6) is 3.70. The molecule has 0 amide bonds. The van der Waals surface area contributed by atoms with Crippen LogP contribution in [0.5, 0.6) is 11.5 Å². The van der Waals surface area contributed by atoms with Gasteiger partial charge in [0.15, 0.2) is 0 Å². The highest BCUT2D eigenvalue weighted by molar-refractivity contribution is 9.26. The molecular weight excluding hydrogens is 1060 g/mol. The summed E-state index contributed by atoms with van der Waals surface area (Å²) in [7, 11) is 23.3. The number of fused-ring (bicyclic) bond motifs is 4. The highest BCUT2D eigenvalue weighted by Crippen LogP contribution is 2.60. The minimum absolute atomic E-state index is 0.162. The molecule has 2 aromatic rings. The molecular formula is C48H68O4S13. The lowest BCUT2D eigenvalue weighted by molar-refractivity contribution is -0.134. The normalized spacial score (nSPS) is 29.3. The Hall–Kier alpha value is 1.93. The summed E-state index contributed by atoms with van der Waals surface area (Å²) in [5.41, 5.74) is 2.55. The summed E-state index contributed by atoms with van der Waals surface area (Å²) in [4.78, 5) is 22.9. The summed E-state index contributed by atoms with van der Waals surface area (Å²) in [6.45, 7) is 3.65. The number of carbonyl (C=O) groups excluding carboxylic acids is 2. The lowest BCUT2D eigenvalue weighted by Gasteiger charge is -2.22. The molecule has 10 unspecified atom stereocenters. The van der Waals surface area contributed by atoms with Crippen LogP contribution in [0.4, 0.5) is 0 Å². The molecule has 2 aromatic carbocycles. The molecule has 8 rings (SSSR count). The van der Waals surface area contributed by atoms with Crippen LogP contribution >= 0.6 is 139 Å². The molecule has 65 heavy (non-hydrogen) atoms. The van der Waals surface area contributed by atoms with Gasteiger partial charge >= 0.3 is 11.9 Å². The molecule has 6 fully saturated rings. The van der Waals surface area contributed by atoms with Crippen LogP contribution in [0.2, 0.25) is 0 Å². The van der Waals surface area contributed by atoms with Crippen LogP contribution in [0.1, 0.15) is 141 Å². The zero-order chi connectivity index (χ0) is 45.1. The zero-order valence-electron chi connectivity index (χ0n) is 37.9. The molecule has 0 radical (unpaired) electrons. The molecule has 4 nitrogen and oxygen atoms in total. The zero-order valence-corrected chi connectivity index (χ0v) is 48.5. The Bertz CT molecular complexity index is 1730. The van der Waals surface area contributed by atoms with Gasteiger partial charge in [-0.25, -0.2) is 0 Å². The number of carbonyl (C=O) groups is 2. The second-order valence-electron chi connectivity index (χ2n) is 17.7. The van der Waals surface area contributed by atoms with Gasteiger partial charge in [0.05, 0.1) is 0 Å². The monoisotopic (exact) mass is 1120 g/mol. The molecule has 17 heteroatoms. The SMILES string of the molecule is CCC(=O)Oc1cccc(CCCCCCCC2SC2CC2SSSCC3CC2SS3)c1.CCC(=O)Oc1cccc(CCCCCCCC2SC2CC2SSSSCC3CC2SS3)c1. The fraction of sp³-hybridized carbons (Fsp3) is 0.708. The molecule has 4 bridgehead atoms. The summed E-state index contributed by atoms with van der Waals surface area (Å²) in [6, 6.07) is 16.1. The van der Waals surface area contributed by atoms with Crippen LogP contribution in [0, 0.1) is 0 Å². The van der Waals surface area contributed by atoms with E-state index in [0.717, 1.165) is 65.3 Å². The van der Waals surface area contributed by atoms with Crippen LogP contribution < -0.4 is 9.47 Å². The second-order valence-corrected chi connectivity index (χ2v) is 36.9. The van der Waals surface area contributed by atoms with Gasteiger partial charge in [0.1, 0.15) is 11.5 Å². The van der Waals surface area contributed by atoms with Gasteiger partial charge in [-0.15, -0.1) is 0 Å². The average Bonchev–Trinajstić information content (AvgIpc) is 4.07. The van der Waals surface area contributed by atoms with Crippen molar-refractivity contribution in [1.82, 2.24) is 0 Å². The maximum atomic E-state index is 11.5. The average molecular weight is 1130 g/mol. The van der Waals surface area contributed by atoms with Crippen molar-refractivity contribution >= 4 is 151 Å². The highest BCUT2D eigenvalue weighted by Gasteiger charge is 2.44. The quantitative estimate of drug-likeness (QED) is 0.0329. The maximum Gasteiger partial charge on any atom is 0.310 e. The Kier molecular flexibility index (Phi) is 26.0. The first kappa shape index (κ1) is 54.7. The fourth-order valence-corrected chi connectivity index (χ4v) is 32.7. The van der Waals surface area contributed by atoms with Crippen LogP contribution in [0.3, 0.4) is 0 Å². The number of rotatable bonds is 24. The van der Waals surface area contributed by atoms with Crippen molar-refractivity contribution in [3.8, 4) is 11.5 Å². The minimum Gasteiger partial charge on any atom is -0.427 e. The predicted octanol–water partition coefficient (Wildman–Crippen LogP) is 18.0. The van der Waals surface area contributed by atoms with Crippen LogP contribution in [-0.2, 0) is 22.4 Å². The van der Waals surface area contributed by atoms with Crippen LogP contribution in [0.25, 0.3) is 0 Å². The van der Waals surface area contributed by atoms with Crippen molar-refractivity contribution in [3.05, 3.63) is 59.7 Å². The van der Waals surface area contributed by atoms with Gasteiger partial charge < -0.3 is 9.47 Å². The molecule has 6 heterocycles. The van der Waals surface area contributed by atoms with Gasteiger partial charge in [0, 0.05) is 76.8 Å². The standard InChI is InChI=1S/C24H34O2S7.C24H34O2S6/c1-2-24(25)26-18-11-8-10-17(13-18)9-6-4-3-5-7-12-20-21(28-20)15-23-22-14-19(29-30-22)16-27-32-33-31-23;1-2-24(25)26-18-11-8-10-17(13-18)9-6-4-3-5-7-12-20-21(28-20)15-23-22-14-19(29-30-22)16-27-32-31-23/h8,10-11,13,19-23H,2-7,9,12,14-16H2,1H3;8,10-11,13,19-23H,2-7,9,12,14-16H2,1H3. The van der Waals surface area contributed by atoms with Crippen LogP contribution in [-0.4, -0.2) is 75.9 Å². The van der Waals surface area contributed by atoms with Gasteiger partial charge in [0.25, 0.3) is 0 Å². The third kappa shape index (κ3) is 20.4. The Labute approximate surface area is 443 Å². The van der Waals surface area contributed by atoms with E-state index in [0.29, 0.717) is 24.3 Å². The Morgan fingerprint density at radius 3 is 1.48 bits per heavy atom. The predicted molar refractivity (Wildman–Crippen MR) is 312 cm³/mol. The van der Waals surface area contributed by atoms with Crippen molar-refractivity contribution in [3.63, 3.8) is 0 Å². The van der Waals surface area contributed by atoms with Crippen molar-refractivity contribution in [2.45, 2.75) is 195 Å². The van der Waals surface area contributed by atoms with E-state index in [1.54, 1.807) is 0 Å². The van der Waals surface area contributed by atoms with E-state index in [4.69, 9.17) is 9.47 Å². The highest BCUT2D eigenvalue weighted by atomic mass is 33.7. The molecule has 6 aliphatic rings. The summed E-state index contributed by atoms with van der Waals surface area (Å²) in [5, 5.41) is 9.01. The number of ether oxygens (including phenoxy) is 2. The topological polar surface area (TPSA) is 52.6 Å². The molecule has 10 atom stereocenters. The van der Waals surface area contributed by atoms with E-state index < -0.39 is 0 Å². The number of hydrogen-bond acceptors (Lipinski definition) is 17. The van der Waals surface area contributed by atoms with E-state index in [1.807, 2.05) is 69.9 Å². The van der Waals surface area contributed by atoms with E-state index in [2.05, 4.69) is 132 Å². The fourth-order valence-electron chi connectivity index (χ4n) is 8.56. The van der Waals surface area contributed by atoms with Crippen LogP contribution in [0.15, 0.2) is 48.5 Å². The molecule has 0 aromatic heterocycles. The summed E-state index contributed by atoms with van der Waals surface area (Å²) >= 11 is 4.52. The molecule has 362 valence electrons. The Balaban J connectivity index is 0.000000194. The van der Waals surface area contributed by atoms with Gasteiger partial charge in [-0.05, 0) is 129 Å². The van der Waals surface area contributed by atoms with Gasteiger partial charge in [-0.1, -0.05) is 176 Å². The smallest absolute Gasteiger partial charge is 0.310 e. The minimum atomic E-state index is -0.163. The first-order chi connectivity index (χ1) is 31.9. The van der Waals surface area contributed by atoms with Crippen molar-refractivity contribution in [2.24, 2.45) is 0 Å². The molecule has 0 spiro atoms. The van der Waals surface area contributed by atoms with Crippen molar-refractivity contribution in [2.75, 3.05) is 11.5 Å². The molecule has 6 aliphatic heterocycles. The summed E-state index contributed by atoms with van der Waals surface area (Å²) in [6.07, 6.45) is 24.8. The molecule has 0 aliphatic carbocycles. The van der Waals surface area contributed by atoms with E-state index >= 15 is 0 Å². The number of benzene rings is 2. The lowest BCUT2D eigenvalue weighted by atomic mass is 10.0. The van der Waals surface area contributed by atoms with E-state index in [1.165, 1.54) is 125 Å². The maximum absolute atomic E-state index is 11.5. The van der Waals surface area contributed by atoms with Gasteiger partial charge in [0.2, 0.25) is 0 Å². The number of unbranched alkanes of at least 4 members (excludes halogenated alkanes) is 8. The molecule has 0 saturated carbocycles. The number of aryl methyl sites for hydroxylation is 2. The first-order valence-corrected chi connectivity index (χ1v) is 39.2. The first-order valence-electron chi connectivity index (χ1n) is 24.0. The Morgan fingerprint density at radius 2 is 0.969 bits per heavy atom. The van der Waals surface area contributed by atoms with Crippen molar-refractivity contribution < 1.29 is 19.1 Å². The van der Waals surface area contributed by atoms with Gasteiger partial charge in [-0.3, -0.25) is 9.59 Å². The molecule has 6 saturated heterocycles. The second kappa shape index (κ2) is 30.8.